The lowest BCUT2D eigenvalue weighted by Gasteiger charge is -2.07. The van der Waals surface area contributed by atoms with Gasteiger partial charge in [0.15, 0.2) is 5.82 Å². The van der Waals surface area contributed by atoms with Crippen LogP contribution < -0.4 is 16.4 Å². The minimum Gasteiger partial charge on any atom is -0.326 e. The standard InChI is InChI=1S/C14H19N5O/c1-10(2)19-8-7-13(18-19)17-14(20)16-12-5-3-11(9-15)4-6-12/h3-8,10H,9,15H2,1-2H3,(H2,16,17,18,20). The van der Waals surface area contributed by atoms with Gasteiger partial charge < -0.3 is 11.1 Å². The molecular formula is C14H19N5O. The van der Waals surface area contributed by atoms with Gasteiger partial charge in [-0.15, -0.1) is 0 Å². The Labute approximate surface area is 118 Å². The summed E-state index contributed by atoms with van der Waals surface area (Å²) in [5.74, 6) is 0.523. The molecule has 0 radical (unpaired) electrons. The van der Waals surface area contributed by atoms with Gasteiger partial charge in [-0.1, -0.05) is 12.1 Å². The highest BCUT2D eigenvalue weighted by molar-refractivity contribution is 5.99. The largest absolute Gasteiger partial charge is 0.326 e. The van der Waals surface area contributed by atoms with Crippen LogP contribution in [0.4, 0.5) is 16.3 Å². The molecule has 0 unspecified atom stereocenters. The number of hydrogen-bond acceptors (Lipinski definition) is 3. The summed E-state index contributed by atoms with van der Waals surface area (Å²) in [5, 5.41) is 9.67. The zero-order valence-electron chi connectivity index (χ0n) is 11.6. The minimum absolute atomic E-state index is 0.261. The first kappa shape index (κ1) is 14.1. The number of urea groups is 1. The van der Waals surface area contributed by atoms with E-state index in [-0.39, 0.29) is 12.1 Å². The average Bonchev–Trinajstić information content (AvgIpc) is 2.88. The number of rotatable bonds is 4. The second kappa shape index (κ2) is 6.21. The third-order valence-electron chi connectivity index (χ3n) is 2.83. The third-order valence-corrected chi connectivity index (χ3v) is 2.83. The van der Waals surface area contributed by atoms with Gasteiger partial charge in [0.1, 0.15) is 0 Å². The monoisotopic (exact) mass is 273 g/mol. The maximum atomic E-state index is 11.8. The van der Waals surface area contributed by atoms with Crippen LogP contribution in [0.1, 0.15) is 25.5 Å². The Balaban J connectivity index is 1.93. The first-order valence-corrected chi connectivity index (χ1v) is 6.50. The molecule has 4 N–H and O–H groups in total. The maximum Gasteiger partial charge on any atom is 0.324 e. The normalized spacial score (nSPS) is 10.6. The van der Waals surface area contributed by atoms with Crippen molar-refractivity contribution in [1.29, 1.82) is 0 Å². The van der Waals surface area contributed by atoms with Crippen LogP contribution in [0.15, 0.2) is 36.5 Å². The van der Waals surface area contributed by atoms with E-state index in [0.717, 1.165) is 5.56 Å². The summed E-state index contributed by atoms with van der Waals surface area (Å²) in [7, 11) is 0. The molecule has 0 aliphatic carbocycles. The summed E-state index contributed by atoms with van der Waals surface area (Å²) in [6.45, 7) is 4.53. The van der Waals surface area contributed by atoms with E-state index < -0.39 is 0 Å². The third kappa shape index (κ3) is 3.58. The molecule has 0 spiro atoms. The van der Waals surface area contributed by atoms with Crippen LogP contribution in [-0.4, -0.2) is 15.8 Å². The highest BCUT2D eigenvalue weighted by Crippen LogP contribution is 2.11. The van der Waals surface area contributed by atoms with E-state index in [1.807, 2.05) is 44.3 Å². The number of carbonyl (C=O) groups is 1. The zero-order valence-corrected chi connectivity index (χ0v) is 11.6. The zero-order chi connectivity index (χ0) is 14.5. The Bertz CT molecular complexity index is 574. The first-order valence-electron chi connectivity index (χ1n) is 6.50. The number of aromatic nitrogens is 2. The van der Waals surface area contributed by atoms with Gasteiger partial charge in [-0.2, -0.15) is 5.10 Å². The molecule has 0 aliphatic rings. The van der Waals surface area contributed by atoms with E-state index in [9.17, 15) is 4.79 Å². The van der Waals surface area contributed by atoms with Gasteiger partial charge >= 0.3 is 6.03 Å². The van der Waals surface area contributed by atoms with Gasteiger partial charge in [-0.3, -0.25) is 10.00 Å². The number of carbonyl (C=O) groups excluding carboxylic acids is 1. The van der Waals surface area contributed by atoms with Gasteiger partial charge in [-0.25, -0.2) is 4.79 Å². The van der Waals surface area contributed by atoms with Gasteiger partial charge in [0, 0.05) is 30.5 Å². The van der Waals surface area contributed by atoms with Crippen molar-refractivity contribution in [2.24, 2.45) is 5.73 Å². The molecule has 1 heterocycles. The average molecular weight is 273 g/mol. The SMILES string of the molecule is CC(C)n1ccc(NC(=O)Nc2ccc(CN)cc2)n1. The van der Waals surface area contributed by atoms with E-state index >= 15 is 0 Å². The van der Waals surface area contributed by atoms with Crippen LogP contribution in [0.3, 0.4) is 0 Å². The molecule has 0 aliphatic heterocycles. The molecule has 20 heavy (non-hydrogen) atoms. The number of benzene rings is 1. The number of nitrogens with zero attached hydrogens (tertiary/aromatic N) is 2. The highest BCUT2D eigenvalue weighted by atomic mass is 16.2. The quantitative estimate of drug-likeness (QED) is 0.800. The number of nitrogens with one attached hydrogen (secondary N) is 2. The van der Waals surface area contributed by atoms with Crippen molar-refractivity contribution < 1.29 is 4.79 Å². The fourth-order valence-electron chi connectivity index (χ4n) is 1.70. The lowest BCUT2D eigenvalue weighted by molar-refractivity contribution is 0.262. The summed E-state index contributed by atoms with van der Waals surface area (Å²) < 4.78 is 1.78. The van der Waals surface area contributed by atoms with Gasteiger partial charge in [0.05, 0.1) is 0 Å². The van der Waals surface area contributed by atoms with Crippen molar-refractivity contribution in [2.75, 3.05) is 10.6 Å². The molecule has 6 nitrogen and oxygen atoms in total. The summed E-state index contributed by atoms with van der Waals surface area (Å²) in [6, 6.07) is 9.09. The summed E-state index contributed by atoms with van der Waals surface area (Å²) >= 11 is 0. The molecule has 1 aromatic heterocycles. The highest BCUT2D eigenvalue weighted by Gasteiger charge is 2.06. The predicted molar refractivity (Wildman–Crippen MR) is 79.6 cm³/mol. The van der Waals surface area contributed by atoms with E-state index in [4.69, 9.17) is 5.73 Å². The van der Waals surface area contributed by atoms with Crippen molar-refractivity contribution >= 4 is 17.5 Å². The summed E-state index contributed by atoms with van der Waals surface area (Å²) in [6.07, 6.45) is 1.83. The fourth-order valence-corrected chi connectivity index (χ4v) is 1.70. The minimum atomic E-state index is -0.320. The molecule has 0 atom stereocenters. The molecule has 106 valence electrons. The molecule has 2 aromatic rings. The second-order valence-corrected chi connectivity index (χ2v) is 4.75. The van der Waals surface area contributed by atoms with Crippen LogP contribution in [-0.2, 0) is 6.54 Å². The van der Waals surface area contributed by atoms with E-state index in [1.54, 1.807) is 10.7 Å². The van der Waals surface area contributed by atoms with E-state index in [0.29, 0.717) is 18.1 Å². The van der Waals surface area contributed by atoms with Crippen molar-refractivity contribution in [3.05, 3.63) is 42.1 Å². The van der Waals surface area contributed by atoms with Crippen LogP contribution >= 0.6 is 0 Å². The lowest BCUT2D eigenvalue weighted by Crippen LogP contribution is -2.20. The molecule has 1 aromatic carbocycles. The van der Waals surface area contributed by atoms with E-state index in [1.165, 1.54) is 0 Å². The number of amides is 2. The van der Waals surface area contributed by atoms with Crippen molar-refractivity contribution in [3.8, 4) is 0 Å². The maximum absolute atomic E-state index is 11.8. The van der Waals surface area contributed by atoms with Crippen molar-refractivity contribution in [1.82, 2.24) is 9.78 Å². The van der Waals surface area contributed by atoms with Crippen molar-refractivity contribution in [2.45, 2.75) is 26.4 Å². The molecule has 0 saturated carbocycles. The molecule has 0 bridgehead atoms. The van der Waals surface area contributed by atoms with Crippen LogP contribution in [0.2, 0.25) is 0 Å². The lowest BCUT2D eigenvalue weighted by atomic mass is 10.2. The Morgan fingerprint density at radius 2 is 1.95 bits per heavy atom. The van der Waals surface area contributed by atoms with Crippen molar-refractivity contribution in [3.63, 3.8) is 0 Å². The predicted octanol–water partition coefficient (Wildman–Crippen LogP) is 2.57. The topological polar surface area (TPSA) is 85.0 Å². The number of anilines is 2. The Hall–Kier alpha value is -2.34. The fraction of sp³-hybridized carbons (Fsp3) is 0.286. The van der Waals surface area contributed by atoms with E-state index in [2.05, 4.69) is 15.7 Å². The molecule has 0 saturated heterocycles. The van der Waals surface area contributed by atoms with Gasteiger partial charge in [-0.05, 0) is 31.5 Å². The number of hydrogen-bond donors (Lipinski definition) is 3. The van der Waals surface area contributed by atoms with Gasteiger partial charge in [0.2, 0.25) is 0 Å². The van der Waals surface area contributed by atoms with Crippen LogP contribution in [0.5, 0.6) is 0 Å². The van der Waals surface area contributed by atoms with Gasteiger partial charge in [0.25, 0.3) is 0 Å². The summed E-state index contributed by atoms with van der Waals surface area (Å²) in [5.41, 5.74) is 7.25. The molecule has 2 rings (SSSR count). The number of nitrogens with two attached hydrogens (primary N) is 1. The molecular weight excluding hydrogens is 254 g/mol. The van der Waals surface area contributed by atoms with Crippen LogP contribution in [0, 0.1) is 0 Å². The Morgan fingerprint density at radius 1 is 1.25 bits per heavy atom. The molecule has 0 fully saturated rings. The summed E-state index contributed by atoms with van der Waals surface area (Å²) in [4.78, 5) is 11.8. The Kier molecular flexibility index (Phi) is 4.37. The Morgan fingerprint density at radius 3 is 2.50 bits per heavy atom. The smallest absolute Gasteiger partial charge is 0.324 e. The molecule has 2 amide bonds. The molecule has 6 heteroatoms. The second-order valence-electron chi connectivity index (χ2n) is 4.75. The first-order chi connectivity index (χ1) is 9.58. The van der Waals surface area contributed by atoms with Crippen LogP contribution in [0.25, 0.3) is 0 Å².